The fourth-order valence-corrected chi connectivity index (χ4v) is 0.421. The molecule has 48 valence electrons. The molecule has 0 aliphatic carbocycles. The van der Waals surface area contributed by atoms with Crippen LogP contribution in [0.4, 0.5) is 0 Å². The molecule has 4 N–H and O–H groups in total. The molecular weight excluding hydrogens is 102 g/mol. The van der Waals surface area contributed by atoms with E-state index in [4.69, 9.17) is 11.5 Å². The summed E-state index contributed by atoms with van der Waals surface area (Å²) in [6, 6.07) is 0.124. The highest BCUT2D eigenvalue weighted by molar-refractivity contribution is 5.80. The van der Waals surface area contributed by atoms with Crippen molar-refractivity contribution in [2.45, 2.75) is 19.4 Å². The second-order valence-electron chi connectivity index (χ2n) is 1.90. The molecule has 0 aromatic heterocycles. The van der Waals surface area contributed by atoms with Crippen LogP contribution in [0.5, 0.6) is 0 Å². The average Bonchev–Trinajstić information content (AvgIpc) is 1.65. The van der Waals surface area contributed by atoms with Crippen molar-refractivity contribution in [3.8, 4) is 0 Å². The number of aliphatic imine (C=N–C) groups is 1. The van der Waals surface area contributed by atoms with Crippen LogP contribution in [0.2, 0.25) is 0 Å². The van der Waals surface area contributed by atoms with Crippen LogP contribution in [-0.4, -0.2) is 18.9 Å². The Hall–Kier alpha value is -0.570. The molecule has 0 saturated heterocycles. The van der Waals surface area contributed by atoms with Crippen molar-refractivity contribution in [2.24, 2.45) is 16.5 Å². The lowest BCUT2D eigenvalue weighted by Crippen LogP contribution is -2.24. The maximum Gasteiger partial charge on any atom is 0.0949 e. The lowest BCUT2D eigenvalue weighted by Gasteiger charge is -2.01. The Morgan fingerprint density at radius 2 is 2.25 bits per heavy atom. The Morgan fingerprint density at radius 1 is 1.75 bits per heavy atom. The third-order valence-corrected chi connectivity index (χ3v) is 0.818. The van der Waals surface area contributed by atoms with Crippen molar-refractivity contribution in [1.29, 1.82) is 0 Å². The first-order chi connectivity index (χ1) is 3.66. The van der Waals surface area contributed by atoms with E-state index >= 15 is 0 Å². The second-order valence-corrected chi connectivity index (χ2v) is 1.90. The summed E-state index contributed by atoms with van der Waals surface area (Å²) < 4.78 is 0. The monoisotopic (exact) mass is 115 g/mol. The van der Waals surface area contributed by atoms with Gasteiger partial charge in [0.25, 0.3) is 0 Å². The average molecular weight is 115 g/mol. The zero-order valence-electron chi connectivity index (χ0n) is 5.39. The summed E-state index contributed by atoms with van der Waals surface area (Å²) in [7, 11) is 1.66. The number of rotatable bonds is 2. The van der Waals surface area contributed by atoms with Crippen molar-refractivity contribution in [3.63, 3.8) is 0 Å². The Labute approximate surface area is 49.8 Å². The summed E-state index contributed by atoms with van der Waals surface area (Å²) in [4.78, 5) is 3.74. The summed E-state index contributed by atoms with van der Waals surface area (Å²) >= 11 is 0. The predicted molar refractivity (Wildman–Crippen MR) is 35.8 cm³/mol. The van der Waals surface area contributed by atoms with E-state index in [9.17, 15) is 0 Å². The number of nitrogens with zero attached hydrogens (tertiary/aromatic N) is 1. The fourth-order valence-electron chi connectivity index (χ4n) is 0.421. The minimum absolute atomic E-state index is 0.124. The van der Waals surface area contributed by atoms with Crippen molar-refractivity contribution in [3.05, 3.63) is 0 Å². The van der Waals surface area contributed by atoms with Gasteiger partial charge in [-0.3, -0.25) is 4.99 Å². The van der Waals surface area contributed by atoms with Gasteiger partial charge in [0.15, 0.2) is 0 Å². The van der Waals surface area contributed by atoms with Crippen molar-refractivity contribution in [1.82, 2.24) is 0 Å². The lowest BCUT2D eigenvalue weighted by atomic mass is 10.2. The van der Waals surface area contributed by atoms with Crippen LogP contribution in [0, 0.1) is 0 Å². The minimum Gasteiger partial charge on any atom is -0.387 e. The maximum absolute atomic E-state index is 5.41. The van der Waals surface area contributed by atoms with Crippen molar-refractivity contribution >= 4 is 5.84 Å². The van der Waals surface area contributed by atoms with Crippen LogP contribution < -0.4 is 11.5 Å². The van der Waals surface area contributed by atoms with Crippen LogP contribution >= 0.6 is 0 Å². The first kappa shape index (κ1) is 7.43. The highest BCUT2D eigenvalue weighted by atomic mass is 14.8. The van der Waals surface area contributed by atoms with E-state index in [-0.39, 0.29) is 6.04 Å². The molecule has 3 nitrogen and oxygen atoms in total. The normalized spacial score (nSPS) is 16.1. The van der Waals surface area contributed by atoms with Gasteiger partial charge in [0, 0.05) is 19.5 Å². The van der Waals surface area contributed by atoms with E-state index in [0.717, 1.165) is 0 Å². The molecule has 0 aromatic rings. The van der Waals surface area contributed by atoms with Gasteiger partial charge in [-0.25, -0.2) is 0 Å². The van der Waals surface area contributed by atoms with Crippen LogP contribution in [0.15, 0.2) is 4.99 Å². The van der Waals surface area contributed by atoms with E-state index in [1.54, 1.807) is 7.05 Å². The molecule has 0 unspecified atom stereocenters. The second kappa shape index (κ2) is 3.43. The Kier molecular flexibility index (Phi) is 3.19. The molecule has 3 heteroatoms. The Balaban J connectivity index is 3.39. The van der Waals surface area contributed by atoms with E-state index in [0.29, 0.717) is 12.3 Å². The third kappa shape index (κ3) is 3.61. The summed E-state index contributed by atoms with van der Waals surface area (Å²) in [6.07, 6.45) is 0.691. The predicted octanol–water partition coefficient (Wildman–Crippen LogP) is -0.289. The quantitative estimate of drug-likeness (QED) is 0.383. The zero-order chi connectivity index (χ0) is 6.57. The molecule has 0 radical (unpaired) electrons. The molecule has 0 aliphatic rings. The molecule has 0 aromatic carbocycles. The zero-order valence-corrected chi connectivity index (χ0v) is 5.39. The number of hydrogen-bond acceptors (Lipinski definition) is 2. The number of amidine groups is 1. The molecule has 0 aliphatic heterocycles. The molecular formula is C5H13N3. The topological polar surface area (TPSA) is 64.4 Å². The third-order valence-electron chi connectivity index (χ3n) is 0.818. The summed E-state index contributed by atoms with van der Waals surface area (Å²) in [5.41, 5.74) is 10.8. The van der Waals surface area contributed by atoms with Crippen molar-refractivity contribution < 1.29 is 0 Å². The Morgan fingerprint density at radius 3 is 2.38 bits per heavy atom. The van der Waals surface area contributed by atoms with Gasteiger partial charge in [-0.1, -0.05) is 0 Å². The van der Waals surface area contributed by atoms with Gasteiger partial charge in [0.1, 0.15) is 0 Å². The Bertz CT molecular complexity index is 85.7. The lowest BCUT2D eigenvalue weighted by molar-refractivity contribution is 0.774. The maximum atomic E-state index is 5.41. The van der Waals surface area contributed by atoms with Gasteiger partial charge in [-0.2, -0.15) is 0 Å². The van der Waals surface area contributed by atoms with Crippen LogP contribution in [-0.2, 0) is 0 Å². The van der Waals surface area contributed by atoms with Gasteiger partial charge in [-0.05, 0) is 6.92 Å². The van der Waals surface area contributed by atoms with Crippen LogP contribution in [0.1, 0.15) is 13.3 Å². The summed E-state index contributed by atoms with van der Waals surface area (Å²) in [6.45, 7) is 1.90. The van der Waals surface area contributed by atoms with E-state index in [1.165, 1.54) is 0 Å². The number of hydrogen-bond donors (Lipinski definition) is 2. The molecule has 0 heterocycles. The highest BCUT2D eigenvalue weighted by Gasteiger charge is 1.94. The molecule has 1 atom stereocenters. The molecule has 0 fully saturated rings. The first-order valence-electron chi connectivity index (χ1n) is 2.63. The van der Waals surface area contributed by atoms with Gasteiger partial charge >= 0.3 is 0 Å². The highest BCUT2D eigenvalue weighted by Crippen LogP contribution is 1.83. The van der Waals surface area contributed by atoms with Crippen LogP contribution in [0.25, 0.3) is 0 Å². The van der Waals surface area contributed by atoms with Gasteiger partial charge in [0.2, 0.25) is 0 Å². The molecule has 0 bridgehead atoms. The molecule has 8 heavy (non-hydrogen) atoms. The standard InChI is InChI=1S/C5H13N3/c1-4(6)3-5(7)8-2/h4H,3,6H2,1-2H3,(H2,7,8)/t4-/m0/s1. The van der Waals surface area contributed by atoms with Crippen LogP contribution in [0.3, 0.4) is 0 Å². The van der Waals surface area contributed by atoms with Crippen molar-refractivity contribution in [2.75, 3.05) is 7.05 Å². The molecule has 0 saturated carbocycles. The molecule has 0 amide bonds. The molecule has 0 spiro atoms. The summed E-state index contributed by atoms with van der Waals surface area (Å²) in [5.74, 6) is 0.625. The van der Waals surface area contributed by atoms with E-state index in [2.05, 4.69) is 4.99 Å². The van der Waals surface area contributed by atoms with Gasteiger partial charge in [0.05, 0.1) is 5.84 Å². The van der Waals surface area contributed by atoms with Gasteiger partial charge < -0.3 is 11.5 Å². The smallest absolute Gasteiger partial charge is 0.0949 e. The van der Waals surface area contributed by atoms with E-state index in [1.807, 2.05) is 6.92 Å². The fraction of sp³-hybridized carbons (Fsp3) is 0.800. The summed E-state index contributed by atoms with van der Waals surface area (Å²) in [5, 5.41) is 0. The minimum atomic E-state index is 0.124. The first-order valence-corrected chi connectivity index (χ1v) is 2.63. The SMILES string of the molecule is CN=C(N)C[C@H](C)N. The van der Waals surface area contributed by atoms with Gasteiger partial charge in [-0.15, -0.1) is 0 Å². The largest absolute Gasteiger partial charge is 0.387 e. The number of nitrogens with two attached hydrogens (primary N) is 2. The molecule has 0 rings (SSSR count). The van der Waals surface area contributed by atoms with E-state index < -0.39 is 0 Å².